The van der Waals surface area contributed by atoms with Gasteiger partial charge in [0, 0.05) is 30.5 Å². The molecule has 2 heterocycles. The highest BCUT2D eigenvalue weighted by Gasteiger charge is 2.45. The number of anilines is 3. The van der Waals surface area contributed by atoms with Crippen molar-refractivity contribution in [2.24, 2.45) is 5.73 Å². The molecule has 10 heteroatoms. The van der Waals surface area contributed by atoms with E-state index in [-0.39, 0.29) is 22.8 Å². The minimum Gasteiger partial charge on any atom is -0.437 e. The molecule has 2 aliphatic heterocycles. The van der Waals surface area contributed by atoms with Gasteiger partial charge in [0.2, 0.25) is 0 Å². The molecule has 3 aliphatic rings. The van der Waals surface area contributed by atoms with E-state index in [1.165, 1.54) is 18.5 Å². The van der Waals surface area contributed by atoms with Crippen LogP contribution >= 0.6 is 11.6 Å². The van der Waals surface area contributed by atoms with Gasteiger partial charge in [-0.15, -0.1) is 0 Å². The monoisotopic (exact) mass is 508 g/mol. The highest BCUT2D eigenvalue weighted by molar-refractivity contribution is 6.33. The van der Waals surface area contributed by atoms with Crippen molar-refractivity contribution in [3.05, 3.63) is 52.5 Å². The summed E-state index contributed by atoms with van der Waals surface area (Å²) in [7, 11) is 0. The second-order valence-electron chi connectivity index (χ2n) is 9.50. The lowest BCUT2D eigenvalue weighted by Crippen LogP contribution is -2.32. The van der Waals surface area contributed by atoms with Gasteiger partial charge in [0.1, 0.15) is 0 Å². The van der Waals surface area contributed by atoms with Crippen LogP contribution in [0, 0.1) is 0 Å². The molecule has 1 saturated heterocycles. The quantitative estimate of drug-likeness (QED) is 0.506. The first kappa shape index (κ1) is 24.1. The summed E-state index contributed by atoms with van der Waals surface area (Å²) < 4.78 is 42.4. The Labute approximate surface area is 207 Å². The van der Waals surface area contributed by atoms with E-state index in [0.717, 1.165) is 49.7 Å². The molecule has 0 radical (unpaired) electrons. The Morgan fingerprint density at radius 2 is 1.89 bits per heavy atom. The fraction of sp³-hybridized carbons (Fsp3) is 0.480. The van der Waals surface area contributed by atoms with E-state index in [1.807, 2.05) is 6.07 Å². The first-order valence-corrected chi connectivity index (χ1v) is 12.3. The van der Waals surface area contributed by atoms with E-state index in [0.29, 0.717) is 6.04 Å². The van der Waals surface area contributed by atoms with Gasteiger partial charge in [0.05, 0.1) is 22.8 Å². The minimum absolute atomic E-state index is 0.130. The average molecular weight is 509 g/mol. The van der Waals surface area contributed by atoms with Gasteiger partial charge in [-0.05, 0) is 68.0 Å². The van der Waals surface area contributed by atoms with Gasteiger partial charge in [-0.2, -0.15) is 13.2 Å². The van der Waals surface area contributed by atoms with E-state index >= 15 is 0 Å². The molecule has 0 aromatic heterocycles. The van der Waals surface area contributed by atoms with E-state index < -0.39 is 18.4 Å². The fourth-order valence-electron chi connectivity index (χ4n) is 5.03. The summed E-state index contributed by atoms with van der Waals surface area (Å²) >= 11 is 6.43. The number of nitrogens with two attached hydrogens (primary N) is 1. The number of hydrogen-bond acceptors (Lipinski definition) is 5. The number of nitrogens with one attached hydrogen (secondary N) is 1. The van der Waals surface area contributed by atoms with Gasteiger partial charge >= 0.3 is 12.3 Å². The third-order valence-electron chi connectivity index (χ3n) is 7.02. The van der Waals surface area contributed by atoms with Crippen LogP contribution in [0.1, 0.15) is 55.8 Å². The van der Waals surface area contributed by atoms with Gasteiger partial charge in [0.15, 0.2) is 6.10 Å². The molecule has 1 saturated carbocycles. The maximum absolute atomic E-state index is 12.7. The summed E-state index contributed by atoms with van der Waals surface area (Å²) in [5.41, 5.74) is 11.3. The molecule has 2 aromatic carbocycles. The van der Waals surface area contributed by atoms with Gasteiger partial charge in [-0.3, -0.25) is 5.32 Å². The summed E-state index contributed by atoms with van der Waals surface area (Å²) in [6, 6.07) is 11.6. The van der Waals surface area contributed by atoms with E-state index in [4.69, 9.17) is 17.3 Å². The van der Waals surface area contributed by atoms with Crippen LogP contribution in [0.4, 0.5) is 35.0 Å². The Morgan fingerprint density at radius 3 is 2.51 bits per heavy atom. The number of benzene rings is 2. The van der Waals surface area contributed by atoms with Gasteiger partial charge in [-0.25, -0.2) is 4.79 Å². The number of alkyl halides is 3. The SMILES string of the molecule is C[C@@H](OC(=O)Nc1ccc(C2C(N)c3ccc(N4CCCC4)cc3N2C2CC2)cc1Cl)C(F)(F)F. The topological polar surface area (TPSA) is 70.8 Å². The van der Waals surface area contributed by atoms with Crippen LogP contribution in [0.15, 0.2) is 36.4 Å². The molecule has 2 aromatic rings. The minimum atomic E-state index is -4.64. The van der Waals surface area contributed by atoms with Crippen molar-refractivity contribution in [1.29, 1.82) is 0 Å². The summed E-state index contributed by atoms with van der Waals surface area (Å²) in [6.07, 6.45) is -3.50. The predicted octanol–water partition coefficient (Wildman–Crippen LogP) is 6.16. The molecule has 35 heavy (non-hydrogen) atoms. The predicted molar refractivity (Wildman–Crippen MR) is 130 cm³/mol. The number of amides is 1. The zero-order valence-electron chi connectivity index (χ0n) is 19.3. The van der Waals surface area contributed by atoms with Crippen LogP contribution in [-0.2, 0) is 4.74 Å². The highest BCUT2D eigenvalue weighted by Crippen LogP contribution is 2.52. The highest BCUT2D eigenvalue weighted by atomic mass is 35.5. The van der Waals surface area contributed by atoms with Crippen LogP contribution in [0.5, 0.6) is 0 Å². The molecule has 0 spiro atoms. The zero-order chi connectivity index (χ0) is 24.9. The van der Waals surface area contributed by atoms with Crippen LogP contribution in [-0.4, -0.2) is 37.5 Å². The van der Waals surface area contributed by atoms with Gasteiger partial charge in [0.25, 0.3) is 0 Å². The summed E-state index contributed by atoms with van der Waals surface area (Å²) in [6.45, 7) is 2.89. The molecule has 2 unspecified atom stereocenters. The Kier molecular flexibility index (Phi) is 6.25. The fourth-order valence-corrected chi connectivity index (χ4v) is 5.27. The Morgan fingerprint density at radius 1 is 1.17 bits per heavy atom. The molecule has 0 bridgehead atoms. The molecule has 6 nitrogen and oxygen atoms in total. The number of carbonyl (C=O) groups is 1. The lowest BCUT2D eigenvalue weighted by Gasteiger charge is -2.30. The maximum atomic E-state index is 12.7. The summed E-state index contributed by atoms with van der Waals surface area (Å²) in [5.74, 6) is 0. The third kappa shape index (κ3) is 4.76. The smallest absolute Gasteiger partial charge is 0.425 e. The maximum Gasteiger partial charge on any atom is 0.425 e. The van der Waals surface area contributed by atoms with E-state index in [9.17, 15) is 18.0 Å². The number of carbonyl (C=O) groups excluding carboxylic acids is 1. The number of halogens is 4. The van der Waals surface area contributed by atoms with Crippen molar-refractivity contribution in [3.8, 4) is 0 Å². The number of ether oxygens (including phenoxy) is 1. The van der Waals surface area contributed by atoms with Crippen LogP contribution in [0.2, 0.25) is 5.02 Å². The Bertz CT molecular complexity index is 1120. The lowest BCUT2D eigenvalue weighted by molar-refractivity contribution is -0.196. The molecule has 1 amide bonds. The number of rotatable bonds is 5. The molecule has 2 fully saturated rings. The second-order valence-corrected chi connectivity index (χ2v) is 9.91. The average Bonchev–Trinajstić information content (AvgIpc) is 3.39. The van der Waals surface area contributed by atoms with Crippen molar-refractivity contribution in [1.82, 2.24) is 0 Å². The zero-order valence-corrected chi connectivity index (χ0v) is 20.1. The van der Waals surface area contributed by atoms with Gasteiger partial charge < -0.3 is 20.3 Å². The van der Waals surface area contributed by atoms with E-state index in [1.54, 1.807) is 12.1 Å². The molecular formula is C25H28ClF3N4O2. The molecule has 188 valence electrons. The molecule has 3 atom stereocenters. The summed E-state index contributed by atoms with van der Waals surface area (Å²) in [5, 5.41) is 2.51. The number of fused-ring (bicyclic) bond motifs is 1. The molecular weight excluding hydrogens is 481 g/mol. The standard InChI is InChI=1S/C25H28ClF3N4O2/c1-14(25(27,28)29)35-24(34)31-20-9-4-15(12-19(20)26)23-22(30)18-8-7-17(32-10-2-3-11-32)13-21(18)33(23)16-5-6-16/h4,7-9,12-14,16,22-23H,2-3,5-6,10-11,30H2,1H3,(H,31,34)/t14-,22?,23?/m1/s1. The first-order valence-electron chi connectivity index (χ1n) is 11.9. The second kappa shape index (κ2) is 9.09. The number of nitrogens with zero attached hydrogens (tertiary/aromatic N) is 2. The van der Waals surface area contributed by atoms with Crippen molar-refractivity contribution < 1.29 is 22.7 Å². The van der Waals surface area contributed by atoms with Crippen molar-refractivity contribution in [3.63, 3.8) is 0 Å². The Balaban J connectivity index is 1.38. The van der Waals surface area contributed by atoms with Crippen molar-refractivity contribution in [2.75, 3.05) is 28.2 Å². The lowest BCUT2D eigenvalue weighted by atomic mass is 9.97. The van der Waals surface area contributed by atoms with Crippen LogP contribution < -0.4 is 20.9 Å². The molecule has 5 rings (SSSR count). The van der Waals surface area contributed by atoms with Gasteiger partial charge in [-0.1, -0.05) is 23.7 Å². The normalized spacial score (nSPS) is 22.8. The largest absolute Gasteiger partial charge is 0.437 e. The first-order chi connectivity index (χ1) is 16.6. The Hall–Kier alpha value is -2.65. The van der Waals surface area contributed by atoms with Crippen LogP contribution in [0.3, 0.4) is 0 Å². The number of hydrogen-bond donors (Lipinski definition) is 2. The van der Waals surface area contributed by atoms with Crippen molar-refractivity contribution in [2.45, 2.75) is 63.0 Å². The summed E-state index contributed by atoms with van der Waals surface area (Å²) in [4.78, 5) is 16.7. The van der Waals surface area contributed by atoms with E-state index in [2.05, 4.69) is 38.1 Å². The third-order valence-corrected chi connectivity index (χ3v) is 7.33. The molecule has 3 N–H and O–H groups in total. The van der Waals surface area contributed by atoms with Crippen LogP contribution in [0.25, 0.3) is 0 Å². The molecule has 1 aliphatic carbocycles. The van der Waals surface area contributed by atoms with Crippen molar-refractivity contribution >= 4 is 34.8 Å².